The van der Waals surface area contributed by atoms with Crippen LogP contribution in [0.25, 0.3) is 0 Å². The Morgan fingerprint density at radius 2 is 2.29 bits per heavy atom. The van der Waals surface area contributed by atoms with Crippen molar-refractivity contribution in [3.8, 4) is 0 Å². The van der Waals surface area contributed by atoms with Crippen molar-refractivity contribution in [2.75, 3.05) is 26.4 Å². The van der Waals surface area contributed by atoms with E-state index in [2.05, 4.69) is 14.9 Å². The van der Waals surface area contributed by atoms with Crippen LogP contribution in [0.4, 0.5) is 0 Å². The van der Waals surface area contributed by atoms with Crippen LogP contribution in [0.2, 0.25) is 0 Å². The third kappa shape index (κ3) is 2.03. The van der Waals surface area contributed by atoms with Gasteiger partial charge in [-0.25, -0.2) is 9.98 Å². The van der Waals surface area contributed by atoms with Crippen LogP contribution in [0.15, 0.2) is 21.9 Å². The Morgan fingerprint density at radius 1 is 1.41 bits per heavy atom. The summed E-state index contributed by atoms with van der Waals surface area (Å²) in [5.41, 5.74) is 5.69. The Labute approximate surface area is 104 Å². The van der Waals surface area contributed by atoms with Crippen LogP contribution >= 0.6 is 11.6 Å². The van der Waals surface area contributed by atoms with Crippen molar-refractivity contribution in [2.45, 2.75) is 12.1 Å². The highest BCUT2D eigenvalue weighted by Crippen LogP contribution is 2.21. The molecule has 17 heavy (non-hydrogen) atoms. The van der Waals surface area contributed by atoms with Gasteiger partial charge in [-0.3, -0.25) is 0 Å². The zero-order chi connectivity index (χ0) is 11.8. The fourth-order valence-electron chi connectivity index (χ4n) is 2.22. The van der Waals surface area contributed by atoms with Crippen molar-refractivity contribution < 1.29 is 9.47 Å². The molecule has 3 heterocycles. The maximum Gasteiger partial charge on any atom is 0.226 e. The zero-order valence-corrected chi connectivity index (χ0v) is 9.93. The molecule has 0 bridgehead atoms. The van der Waals surface area contributed by atoms with Gasteiger partial charge in [-0.15, -0.1) is 0 Å². The minimum Gasteiger partial charge on any atom is -0.384 e. The van der Waals surface area contributed by atoms with Gasteiger partial charge in [0.05, 0.1) is 25.9 Å². The van der Waals surface area contributed by atoms with E-state index in [1.54, 1.807) is 6.08 Å². The smallest absolute Gasteiger partial charge is 0.226 e. The van der Waals surface area contributed by atoms with Crippen LogP contribution in [-0.2, 0) is 9.47 Å². The number of aliphatic imine (C=N–C) groups is 2. The summed E-state index contributed by atoms with van der Waals surface area (Å²) in [5.74, 6) is 1.12. The Bertz CT molecular complexity index is 421. The van der Waals surface area contributed by atoms with Crippen molar-refractivity contribution in [3.63, 3.8) is 0 Å². The molecule has 0 saturated carbocycles. The standard InChI is InChI=1S/C10H13ClN4O2/c11-10-13-8(12)3-7-9(14-10)15-1-2-16-4-6(15)5-17-7/h3,6-7H,1-2,4-5,12H2. The fourth-order valence-corrected chi connectivity index (χ4v) is 2.40. The molecule has 0 aromatic heterocycles. The van der Waals surface area contributed by atoms with E-state index in [1.165, 1.54) is 0 Å². The van der Waals surface area contributed by atoms with E-state index < -0.39 is 0 Å². The molecule has 0 amide bonds. The molecule has 0 aliphatic carbocycles. The summed E-state index contributed by atoms with van der Waals surface area (Å²) in [5, 5.41) is 0.145. The first-order valence-corrected chi connectivity index (χ1v) is 5.88. The highest BCUT2D eigenvalue weighted by atomic mass is 35.5. The quantitative estimate of drug-likeness (QED) is 0.614. The SMILES string of the molecule is NC1=CC2OCC3COCCN3C2=NC(Cl)=N1. The van der Waals surface area contributed by atoms with Gasteiger partial charge in [0.2, 0.25) is 5.29 Å². The maximum atomic E-state index is 5.90. The van der Waals surface area contributed by atoms with Crippen LogP contribution in [0.5, 0.6) is 0 Å². The van der Waals surface area contributed by atoms with Gasteiger partial charge >= 0.3 is 0 Å². The minimum atomic E-state index is -0.260. The minimum absolute atomic E-state index is 0.145. The van der Waals surface area contributed by atoms with Crippen molar-refractivity contribution in [1.29, 1.82) is 0 Å². The van der Waals surface area contributed by atoms with Crippen molar-refractivity contribution in [2.24, 2.45) is 15.7 Å². The molecule has 7 heteroatoms. The largest absolute Gasteiger partial charge is 0.384 e. The van der Waals surface area contributed by atoms with E-state index in [9.17, 15) is 0 Å². The molecule has 2 unspecified atom stereocenters. The van der Waals surface area contributed by atoms with Crippen molar-refractivity contribution in [3.05, 3.63) is 11.9 Å². The van der Waals surface area contributed by atoms with Crippen LogP contribution in [0.3, 0.4) is 0 Å². The monoisotopic (exact) mass is 256 g/mol. The first kappa shape index (κ1) is 11.0. The number of hydrogen-bond donors (Lipinski definition) is 1. The number of nitrogens with two attached hydrogens (primary N) is 1. The molecule has 2 fully saturated rings. The highest BCUT2D eigenvalue weighted by molar-refractivity contribution is 6.65. The van der Waals surface area contributed by atoms with Gasteiger partial charge in [-0.05, 0) is 17.7 Å². The summed E-state index contributed by atoms with van der Waals surface area (Å²) in [7, 11) is 0. The van der Waals surface area contributed by atoms with Crippen LogP contribution in [0.1, 0.15) is 0 Å². The van der Waals surface area contributed by atoms with Gasteiger partial charge in [-0.1, -0.05) is 0 Å². The highest BCUT2D eigenvalue weighted by Gasteiger charge is 2.36. The summed E-state index contributed by atoms with van der Waals surface area (Å²) in [6.45, 7) is 2.74. The Kier molecular flexibility index (Phi) is 2.78. The van der Waals surface area contributed by atoms with Crippen molar-refractivity contribution in [1.82, 2.24) is 4.90 Å². The number of hydrogen-bond acceptors (Lipinski definition) is 6. The molecule has 0 aromatic rings. The lowest BCUT2D eigenvalue weighted by atomic mass is 10.1. The molecule has 0 radical (unpaired) electrons. The zero-order valence-electron chi connectivity index (χ0n) is 9.17. The van der Waals surface area contributed by atoms with Gasteiger partial charge in [0.15, 0.2) is 0 Å². The second-order valence-electron chi connectivity index (χ2n) is 4.12. The molecular formula is C10H13ClN4O2. The first-order valence-electron chi connectivity index (χ1n) is 5.50. The fraction of sp³-hybridized carbons (Fsp3) is 0.600. The molecule has 0 aromatic carbocycles. The summed E-state index contributed by atoms with van der Waals surface area (Å²) >= 11 is 5.90. The molecule has 2 atom stereocenters. The van der Waals surface area contributed by atoms with Crippen molar-refractivity contribution >= 4 is 22.7 Å². The maximum absolute atomic E-state index is 5.90. The van der Waals surface area contributed by atoms with Gasteiger partial charge in [0.25, 0.3) is 0 Å². The Balaban J connectivity index is 1.95. The number of morpholine rings is 2. The summed E-state index contributed by atoms with van der Waals surface area (Å²) in [6, 6.07) is 0.205. The average molecular weight is 257 g/mol. The Hall–Kier alpha value is -1.11. The second kappa shape index (κ2) is 4.29. The lowest BCUT2D eigenvalue weighted by molar-refractivity contribution is -0.0439. The average Bonchev–Trinajstić information content (AvgIpc) is 2.46. The number of halogens is 1. The summed E-state index contributed by atoms with van der Waals surface area (Å²) < 4.78 is 11.1. The van der Waals surface area contributed by atoms with Gasteiger partial charge < -0.3 is 20.1 Å². The van der Waals surface area contributed by atoms with E-state index in [0.29, 0.717) is 25.6 Å². The Morgan fingerprint density at radius 3 is 3.18 bits per heavy atom. The molecule has 3 aliphatic rings. The van der Waals surface area contributed by atoms with E-state index in [-0.39, 0.29) is 17.4 Å². The van der Waals surface area contributed by atoms with Gasteiger partial charge in [-0.2, -0.15) is 0 Å². The predicted octanol–water partition coefficient (Wildman–Crippen LogP) is -0.107. The molecule has 6 nitrogen and oxygen atoms in total. The molecule has 3 aliphatic heterocycles. The van der Waals surface area contributed by atoms with E-state index in [1.807, 2.05) is 0 Å². The lowest BCUT2D eigenvalue weighted by Crippen LogP contribution is -2.58. The van der Waals surface area contributed by atoms with E-state index >= 15 is 0 Å². The molecule has 2 N–H and O–H groups in total. The molecule has 0 spiro atoms. The number of amidine groups is 2. The number of fused-ring (bicyclic) bond motifs is 3. The first-order chi connectivity index (χ1) is 8.24. The van der Waals surface area contributed by atoms with Crippen LogP contribution in [-0.4, -0.2) is 54.5 Å². The summed E-state index contributed by atoms with van der Waals surface area (Å²) in [6.07, 6.45) is 1.48. The van der Waals surface area contributed by atoms with Gasteiger partial charge in [0.1, 0.15) is 17.8 Å². The third-order valence-corrected chi connectivity index (χ3v) is 3.16. The number of rotatable bonds is 0. The topological polar surface area (TPSA) is 72.4 Å². The predicted molar refractivity (Wildman–Crippen MR) is 64.0 cm³/mol. The van der Waals surface area contributed by atoms with E-state index in [0.717, 1.165) is 12.4 Å². The molecule has 92 valence electrons. The third-order valence-electron chi connectivity index (χ3n) is 2.99. The van der Waals surface area contributed by atoms with Crippen LogP contribution in [0, 0.1) is 0 Å². The van der Waals surface area contributed by atoms with Gasteiger partial charge in [0, 0.05) is 6.54 Å². The number of ether oxygens (including phenoxy) is 2. The van der Waals surface area contributed by atoms with Crippen LogP contribution < -0.4 is 5.73 Å². The summed E-state index contributed by atoms with van der Waals surface area (Å²) in [4.78, 5) is 10.4. The number of nitrogens with zero attached hydrogens (tertiary/aromatic N) is 3. The lowest BCUT2D eigenvalue weighted by Gasteiger charge is -2.43. The molecule has 3 rings (SSSR count). The molecular weight excluding hydrogens is 244 g/mol. The van der Waals surface area contributed by atoms with E-state index in [4.69, 9.17) is 26.8 Å². The second-order valence-corrected chi connectivity index (χ2v) is 4.46. The molecule has 2 saturated heterocycles. The normalized spacial score (nSPS) is 32.8.